The number of hydrogen-bond acceptors (Lipinski definition) is 8. The van der Waals surface area contributed by atoms with Gasteiger partial charge in [0.2, 0.25) is 0 Å². The Morgan fingerprint density at radius 1 is 0.800 bits per heavy atom. The van der Waals surface area contributed by atoms with Gasteiger partial charge in [0.05, 0.1) is 31.5 Å². The lowest BCUT2D eigenvalue weighted by molar-refractivity contribution is -0.268. The summed E-state index contributed by atoms with van der Waals surface area (Å²) in [7, 11) is 1.30. The Morgan fingerprint density at radius 2 is 1.47 bits per heavy atom. The Labute approximate surface area is 324 Å². The number of urea groups is 1. The number of hydrogen-bond donors (Lipinski definition) is 4. The Kier molecular flexibility index (Phi) is 13.4. The van der Waals surface area contributed by atoms with Crippen molar-refractivity contribution in [1.29, 1.82) is 0 Å². The van der Waals surface area contributed by atoms with E-state index in [0.717, 1.165) is 38.9 Å². The summed E-state index contributed by atoms with van der Waals surface area (Å²) in [6, 6.07) is 38.4. The standard InChI is InChI=1S/C44H44N2O8S/c1-28-38(27-55-39-15-9-8-14-36(39)41(48)49)53-43(54-40(28)32-18-16-30(26-47)17-19-32)33-22-20-31(21-23-33)35-13-7-6-12-34(35)25-45-44(51)46-37(42(50)52-2)24-29-10-4-3-5-11-29/h3-23,28,37-38,40,43,47H,24-27H2,1-2H3,(H,48,49)(H2,45,46,51). The number of carbonyl (C=O) groups excluding carboxylic acids is 2. The van der Waals surface area contributed by atoms with Crippen LogP contribution in [0.15, 0.2) is 132 Å². The lowest BCUT2D eigenvalue weighted by Crippen LogP contribution is -2.47. The number of nitrogens with one attached hydrogen (secondary N) is 2. The van der Waals surface area contributed by atoms with Crippen molar-refractivity contribution < 1.29 is 38.8 Å². The number of amides is 2. The minimum atomic E-state index is -0.976. The van der Waals surface area contributed by atoms with E-state index in [9.17, 15) is 24.6 Å². The number of methoxy groups -OCH3 is 1. The largest absolute Gasteiger partial charge is 0.478 e. The third-order valence-corrected chi connectivity index (χ3v) is 10.8. The van der Waals surface area contributed by atoms with E-state index in [0.29, 0.717) is 17.1 Å². The molecule has 0 bridgehead atoms. The van der Waals surface area contributed by atoms with E-state index in [2.05, 4.69) is 17.6 Å². The third-order valence-electron chi connectivity index (χ3n) is 9.67. The molecule has 5 aromatic carbocycles. The number of aliphatic hydroxyl groups excluding tert-OH is 1. The number of aliphatic hydroxyl groups is 1. The molecule has 10 nitrogen and oxygen atoms in total. The van der Waals surface area contributed by atoms with Crippen molar-refractivity contribution in [2.45, 2.75) is 55.9 Å². The Hall–Kier alpha value is -5.46. The van der Waals surface area contributed by atoms with Gasteiger partial charge in [0, 0.05) is 35.1 Å². The molecule has 5 aromatic rings. The number of benzene rings is 5. The SMILES string of the molecule is COC(=O)C(Cc1ccccc1)NC(=O)NCc1ccccc1-c1ccc(C2OC(CSc3ccccc3C(=O)O)C(C)C(c3ccc(CO)cc3)O2)cc1. The van der Waals surface area contributed by atoms with Gasteiger partial charge in [-0.1, -0.05) is 122 Å². The highest BCUT2D eigenvalue weighted by atomic mass is 32.2. The summed E-state index contributed by atoms with van der Waals surface area (Å²) in [5.41, 5.74) is 6.46. The first-order valence-electron chi connectivity index (χ1n) is 18.0. The molecular formula is C44H44N2O8S. The molecule has 6 rings (SSSR count). The summed E-state index contributed by atoms with van der Waals surface area (Å²) in [6.07, 6.45) is -1.01. The molecule has 11 heteroatoms. The predicted octanol–water partition coefficient (Wildman–Crippen LogP) is 7.71. The maximum Gasteiger partial charge on any atom is 0.336 e. The second kappa shape index (κ2) is 18.7. The summed E-state index contributed by atoms with van der Waals surface area (Å²) in [4.78, 5) is 38.0. The van der Waals surface area contributed by atoms with Gasteiger partial charge in [-0.25, -0.2) is 14.4 Å². The second-order valence-corrected chi connectivity index (χ2v) is 14.4. The van der Waals surface area contributed by atoms with Gasteiger partial charge in [-0.15, -0.1) is 11.8 Å². The molecular weight excluding hydrogens is 717 g/mol. The van der Waals surface area contributed by atoms with Crippen molar-refractivity contribution in [2.24, 2.45) is 5.92 Å². The normalized spacial score (nSPS) is 18.5. The molecule has 0 aromatic heterocycles. The van der Waals surface area contributed by atoms with E-state index in [-0.39, 0.29) is 36.8 Å². The van der Waals surface area contributed by atoms with E-state index in [1.54, 1.807) is 12.1 Å². The van der Waals surface area contributed by atoms with E-state index in [1.807, 2.05) is 115 Å². The summed E-state index contributed by atoms with van der Waals surface area (Å²) in [6.45, 7) is 2.23. The number of thioether (sulfide) groups is 1. The van der Waals surface area contributed by atoms with Gasteiger partial charge in [-0.05, 0) is 45.5 Å². The van der Waals surface area contributed by atoms with Crippen LogP contribution in [0.5, 0.6) is 0 Å². The highest BCUT2D eigenvalue weighted by molar-refractivity contribution is 7.99. The van der Waals surface area contributed by atoms with Crippen molar-refractivity contribution in [2.75, 3.05) is 12.9 Å². The fraction of sp³-hybridized carbons (Fsp3) is 0.250. The fourth-order valence-electron chi connectivity index (χ4n) is 6.60. The predicted molar refractivity (Wildman–Crippen MR) is 210 cm³/mol. The molecule has 2 amide bonds. The molecule has 1 fully saturated rings. The summed E-state index contributed by atoms with van der Waals surface area (Å²) >= 11 is 1.45. The Morgan fingerprint density at radius 3 is 2.18 bits per heavy atom. The highest BCUT2D eigenvalue weighted by Crippen LogP contribution is 2.43. The first-order valence-corrected chi connectivity index (χ1v) is 19.0. The molecule has 0 aliphatic carbocycles. The third kappa shape index (κ3) is 10.00. The first kappa shape index (κ1) is 39.2. The number of rotatable bonds is 14. The van der Waals surface area contributed by atoms with E-state index < -0.39 is 30.3 Å². The summed E-state index contributed by atoms with van der Waals surface area (Å²) < 4.78 is 18.2. The zero-order chi connectivity index (χ0) is 38.7. The topological polar surface area (TPSA) is 143 Å². The molecule has 284 valence electrons. The van der Waals surface area contributed by atoms with Crippen molar-refractivity contribution in [1.82, 2.24) is 10.6 Å². The summed E-state index contributed by atoms with van der Waals surface area (Å²) in [5, 5.41) is 25.0. The van der Waals surface area contributed by atoms with Crippen LogP contribution < -0.4 is 10.6 Å². The fourth-order valence-corrected chi connectivity index (χ4v) is 7.81. The molecule has 5 unspecified atom stereocenters. The number of carbonyl (C=O) groups is 3. The van der Waals surface area contributed by atoms with E-state index >= 15 is 0 Å². The second-order valence-electron chi connectivity index (χ2n) is 13.3. The maximum atomic E-state index is 13.0. The highest BCUT2D eigenvalue weighted by Gasteiger charge is 2.38. The first-order chi connectivity index (χ1) is 26.7. The van der Waals surface area contributed by atoms with Gasteiger partial charge < -0.3 is 35.1 Å². The lowest BCUT2D eigenvalue weighted by Gasteiger charge is -2.41. The van der Waals surface area contributed by atoms with Gasteiger partial charge in [0.25, 0.3) is 0 Å². The average Bonchev–Trinajstić information content (AvgIpc) is 3.22. The molecule has 0 radical (unpaired) electrons. The quantitative estimate of drug-likeness (QED) is 0.0661. The average molecular weight is 761 g/mol. The van der Waals surface area contributed by atoms with Crippen LogP contribution in [0.25, 0.3) is 11.1 Å². The van der Waals surface area contributed by atoms with Crippen LogP contribution in [-0.2, 0) is 38.6 Å². The number of esters is 1. The Balaban J connectivity index is 1.17. The van der Waals surface area contributed by atoms with Crippen LogP contribution in [0.3, 0.4) is 0 Å². The van der Waals surface area contributed by atoms with Crippen LogP contribution in [0.1, 0.15) is 57.5 Å². The molecule has 1 aliphatic rings. The molecule has 0 saturated carbocycles. The maximum absolute atomic E-state index is 13.0. The van der Waals surface area contributed by atoms with Crippen molar-refractivity contribution in [3.05, 3.63) is 161 Å². The van der Waals surface area contributed by atoms with Crippen LogP contribution in [0.2, 0.25) is 0 Å². The number of aromatic carboxylic acids is 1. The van der Waals surface area contributed by atoms with Crippen LogP contribution in [0.4, 0.5) is 4.79 Å². The smallest absolute Gasteiger partial charge is 0.336 e. The van der Waals surface area contributed by atoms with Crippen LogP contribution in [-0.4, -0.2) is 53.2 Å². The molecule has 5 atom stereocenters. The summed E-state index contributed by atoms with van der Waals surface area (Å²) in [5.74, 6) is -1.07. The van der Waals surface area contributed by atoms with E-state index in [4.69, 9.17) is 14.2 Å². The minimum absolute atomic E-state index is 0.0568. The van der Waals surface area contributed by atoms with E-state index in [1.165, 1.54) is 18.9 Å². The van der Waals surface area contributed by atoms with Gasteiger partial charge in [-0.2, -0.15) is 0 Å². The molecule has 1 heterocycles. The number of ether oxygens (including phenoxy) is 3. The lowest BCUT2D eigenvalue weighted by atomic mass is 9.91. The van der Waals surface area contributed by atoms with Crippen molar-refractivity contribution >= 4 is 29.7 Å². The minimum Gasteiger partial charge on any atom is -0.478 e. The zero-order valence-electron chi connectivity index (χ0n) is 30.6. The molecule has 1 saturated heterocycles. The van der Waals surface area contributed by atoms with Gasteiger partial charge in [-0.3, -0.25) is 0 Å². The Bertz CT molecular complexity index is 2060. The molecule has 55 heavy (non-hydrogen) atoms. The molecule has 1 aliphatic heterocycles. The monoisotopic (exact) mass is 760 g/mol. The van der Waals surface area contributed by atoms with Gasteiger partial charge >= 0.3 is 18.0 Å². The van der Waals surface area contributed by atoms with Crippen molar-refractivity contribution in [3.63, 3.8) is 0 Å². The molecule has 4 N–H and O–H groups in total. The van der Waals surface area contributed by atoms with Gasteiger partial charge in [0.1, 0.15) is 6.04 Å². The molecule has 0 spiro atoms. The van der Waals surface area contributed by atoms with Crippen molar-refractivity contribution in [3.8, 4) is 11.1 Å². The zero-order valence-corrected chi connectivity index (χ0v) is 31.4. The van der Waals surface area contributed by atoms with Crippen LogP contribution >= 0.6 is 11.8 Å². The number of carboxylic acids is 1. The van der Waals surface area contributed by atoms with Crippen LogP contribution in [0, 0.1) is 5.92 Å². The number of carboxylic acid groups (broad SMARTS) is 1. The van der Waals surface area contributed by atoms with Gasteiger partial charge in [0.15, 0.2) is 6.29 Å².